The first-order chi connectivity index (χ1) is 11.2. The van der Waals surface area contributed by atoms with Gasteiger partial charge in [0.05, 0.1) is 18.4 Å². The molecule has 8 nitrogen and oxygen atoms in total. The number of nitrogens with one attached hydrogen (secondary N) is 1. The third-order valence-corrected chi connectivity index (χ3v) is 3.68. The molecule has 0 bridgehead atoms. The zero-order chi connectivity index (χ0) is 16.2. The first kappa shape index (κ1) is 15.3. The van der Waals surface area contributed by atoms with Crippen LogP contribution in [-0.2, 0) is 13.1 Å². The molecule has 8 heteroatoms. The van der Waals surface area contributed by atoms with Crippen LogP contribution in [0.25, 0.3) is 11.0 Å². The van der Waals surface area contributed by atoms with E-state index < -0.39 is 0 Å². The summed E-state index contributed by atoms with van der Waals surface area (Å²) in [5, 5.41) is 12.2. The van der Waals surface area contributed by atoms with Gasteiger partial charge in [-0.05, 0) is 19.4 Å². The molecule has 0 radical (unpaired) electrons. The Balaban J connectivity index is 1.90. The molecule has 0 unspecified atom stereocenters. The maximum atomic E-state index is 5.81. The maximum Gasteiger partial charge on any atom is 0.222 e. The van der Waals surface area contributed by atoms with Gasteiger partial charge in [0.1, 0.15) is 5.52 Å². The van der Waals surface area contributed by atoms with Crippen molar-refractivity contribution in [3.05, 3.63) is 24.2 Å². The first-order valence-corrected chi connectivity index (χ1v) is 7.96. The third-order valence-electron chi connectivity index (χ3n) is 3.68. The minimum atomic E-state index is 0.259. The van der Waals surface area contributed by atoms with Gasteiger partial charge in [0, 0.05) is 19.3 Å². The molecule has 0 fully saturated rings. The van der Waals surface area contributed by atoms with E-state index in [0.29, 0.717) is 12.4 Å². The van der Waals surface area contributed by atoms with Gasteiger partial charge in [0.15, 0.2) is 11.3 Å². The molecule has 0 amide bonds. The molecule has 3 heterocycles. The predicted molar refractivity (Wildman–Crippen MR) is 90.1 cm³/mol. The number of nitrogens with two attached hydrogens (primary N) is 1. The number of fused-ring (bicyclic) bond motifs is 1. The van der Waals surface area contributed by atoms with E-state index >= 15 is 0 Å². The first-order valence-electron chi connectivity index (χ1n) is 7.96. The number of hydrogen-bond donors (Lipinski definition) is 2. The molecular formula is C15H22N8. The highest BCUT2D eigenvalue weighted by molar-refractivity contribution is 5.85. The molecule has 3 rings (SSSR count). The molecule has 0 aliphatic carbocycles. The lowest BCUT2D eigenvalue weighted by molar-refractivity contribution is 0.580. The van der Waals surface area contributed by atoms with Gasteiger partial charge in [-0.2, -0.15) is 15.2 Å². The largest absolute Gasteiger partial charge is 0.368 e. The molecule has 3 aromatic rings. The quantitative estimate of drug-likeness (QED) is 0.646. The molecule has 0 aromatic carbocycles. The van der Waals surface area contributed by atoms with Crippen LogP contribution in [0.5, 0.6) is 0 Å². The Morgan fingerprint density at radius 1 is 1.26 bits per heavy atom. The summed E-state index contributed by atoms with van der Waals surface area (Å²) in [7, 11) is 0. The van der Waals surface area contributed by atoms with Crippen LogP contribution in [0.15, 0.2) is 18.5 Å². The van der Waals surface area contributed by atoms with Crippen molar-refractivity contribution in [1.82, 2.24) is 29.5 Å². The second-order valence-electron chi connectivity index (χ2n) is 5.41. The van der Waals surface area contributed by atoms with Gasteiger partial charge in [-0.25, -0.2) is 4.98 Å². The summed E-state index contributed by atoms with van der Waals surface area (Å²) in [5.74, 6) is 0.957. The Morgan fingerprint density at radius 2 is 2.13 bits per heavy atom. The predicted octanol–water partition coefficient (Wildman–Crippen LogP) is 1.89. The van der Waals surface area contributed by atoms with E-state index in [0.717, 1.165) is 42.7 Å². The lowest BCUT2D eigenvalue weighted by Gasteiger charge is -2.05. The summed E-state index contributed by atoms with van der Waals surface area (Å²) in [6.07, 6.45) is 5.89. The monoisotopic (exact) mass is 314 g/mol. The SMILES string of the molecule is CCCCNc1nc(N)nc2cn(Cc3ccnn3CC)nc12. The van der Waals surface area contributed by atoms with Gasteiger partial charge in [-0.1, -0.05) is 13.3 Å². The van der Waals surface area contributed by atoms with Gasteiger partial charge in [-0.15, -0.1) is 0 Å². The number of nitrogens with zero attached hydrogens (tertiary/aromatic N) is 6. The summed E-state index contributed by atoms with van der Waals surface area (Å²) < 4.78 is 3.81. The number of anilines is 2. The van der Waals surface area contributed by atoms with Crippen LogP contribution >= 0.6 is 0 Å². The highest BCUT2D eigenvalue weighted by Crippen LogP contribution is 2.20. The molecule has 0 saturated heterocycles. The van der Waals surface area contributed by atoms with E-state index in [1.165, 1.54) is 0 Å². The number of rotatable bonds is 7. The maximum absolute atomic E-state index is 5.81. The summed E-state index contributed by atoms with van der Waals surface area (Å²) in [4.78, 5) is 8.56. The Labute approximate surface area is 134 Å². The fourth-order valence-electron chi connectivity index (χ4n) is 2.51. The van der Waals surface area contributed by atoms with Crippen LogP contribution in [0, 0.1) is 0 Å². The van der Waals surface area contributed by atoms with E-state index in [1.54, 1.807) is 6.20 Å². The Bertz CT molecular complexity index is 788. The molecule has 0 spiro atoms. The highest BCUT2D eigenvalue weighted by Gasteiger charge is 2.12. The number of hydrogen-bond acceptors (Lipinski definition) is 6. The molecule has 0 aliphatic heterocycles. The van der Waals surface area contributed by atoms with E-state index in [-0.39, 0.29) is 5.95 Å². The summed E-state index contributed by atoms with van der Waals surface area (Å²) in [5.41, 5.74) is 8.40. The Hall–Kier alpha value is -2.64. The van der Waals surface area contributed by atoms with E-state index in [2.05, 4.69) is 39.3 Å². The minimum absolute atomic E-state index is 0.259. The van der Waals surface area contributed by atoms with Crippen LogP contribution < -0.4 is 11.1 Å². The second kappa shape index (κ2) is 6.64. The van der Waals surface area contributed by atoms with Crippen molar-refractivity contribution < 1.29 is 0 Å². The van der Waals surface area contributed by atoms with Crippen molar-refractivity contribution >= 4 is 22.8 Å². The smallest absolute Gasteiger partial charge is 0.222 e. The summed E-state index contributed by atoms with van der Waals surface area (Å²) in [6, 6.07) is 2.00. The molecule has 0 saturated carbocycles. The highest BCUT2D eigenvalue weighted by atomic mass is 15.3. The number of nitrogen functional groups attached to an aromatic ring is 1. The van der Waals surface area contributed by atoms with E-state index in [9.17, 15) is 0 Å². The topological polar surface area (TPSA) is 99.5 Å². The van der Waals surface area contributed by atoms with Crippen LogP contribution in [0.1, 0.15) is 32.4 Å². The van der Waals surface area contributed by atoms with Crippen LogP contribution in [0.2, 0.25) is 0 Å². The fraction of sp³-hybridized carbons (Fsp3) is 0.467. The van der Waals surface area contributed by atoms with Gasteiger partial charge < -0.3 is 11.1 Å². The average molecular weight is 314 g/mol. The van der Waals surface area contributed by atoms with Crippen molar-refractivity contribution in [3.63, 3.8) is 0 Å². The van der Waals surface area contributed by atoms with Crippen molar-refractivity contribution in [2.24, 2.45) is 0 Å². The lowest BCUT2D eigenvalue weighted by atomic mass is 10.3. The van der Waals surface area contributed by atoms with Crippen molar-refractivity contribution in [2.45, 2.75) is 39.8 Å². The van der Waals surface area contributed by atoms with Gasteiger partial charge >= 0.3 is 0 Å². The van der Waals surface area contributed by atoms with Gasteiger partial charge in [0.2, 0.25) is 5.95 Å². The van der Waals surface area contributed by atoms with E-state index in [4.69, 9.17) is 5.73 Å². The number of aromatic nitrogens is 6. The minimum Gasteiger partial charge on any atom is -0.368 e. The van der Waals surface area contributed by atoms with Crippen molar-refractivity contribution in [3.8, 4) is 0 Å². The van der Waals surface area contributed by atoms with Crippen molar-refractivity contribution in [2.75, 3.05) is 17.6 Å². The molecular weight excluding hydrogens is 292 g/mol. The lowest BCUT2D eigenvalue weighted by Crippen LogP contribution is -2.08. The van der Waals surface area contributed by atoms with E-state index in [1.807, 2.05) is 21.6 Å². The zero-order valence-corrected chi connectivity index (χ0v) is 13.5. The molecule has 23 heavy (non-hydrogen) atoms. The van der Waals surface area contributed by atoms with Crippen LogP contribution in [0.3, 0.4) is 0 Å². The zero-order valence-electron chi connectivity index (χ0n) is 13.5. The summed E-state index contributed by atoms with van der Waals surface area (Å²) >= 11 is 0. The standard InChI is InChI=1S/C15H22N8/c1-3-5-7-17-14-13-12(19-15(16)20-14)10-22(21-13)9-11-6-8-18-23(11)4-2/h6,8,10H,3-5,7,9H2,1-2H3,(H3,16,17,19,20). The van der Waals surface area contributed by atoms with Crippen LogP contribution in [-0.4, -0.2) is 36.1 Å². The number of unbranched alkanes of at least 4 members (excludes halogenated alkanes) is 1. The van der Waals surface area contributed by atoms with Gasteiger partial charge in [-0.3, -0.25) is 9.36 Å². The number of aryl methyl sites for hydroxylation is 1. The normalized spacial score (nSPS) is 11.2. The van der Waals surface area contributed by atoms with Gasteiger partial charge in [0.25, 0.3) is 0 Å². The molecule has 3 N–H and O–H groups in total. The Morgan fingerprint density at radius 3 is 2.91 bits per heavy atom. The average Bonchev–Trinajstić information content (AvgIpc) is 3.13. The van der Waals surface area contributed by atoms with Crippen molar-refractivity contribution in [1.29, 1.82) is 0 Å². The van der Waals surface area contributed by atoms with Crippen LogP contribution in [0.4, 0.5) is 11.8 Å². The second-order valence-corrected chi connectivity index (χ2v) is 5.41. The molecule has 0 atom stereocenters. The molecule has 122 valence electrons. The third kappa shape index (κ3) is 3.25. The fourth-order valence-corrected chi connectivity index (χ4v) is 2.51. The Kier molecular flexibility index (Phi) is 4.40. The summed E-state index contributed by atoms with van der Waals surface area (Å²) in [6.45, 7) is 6.53. The molecule has 3 aromatic heterocycles. The molecule has 0 aliphatic rings.